The standard InChI is InChI=1S/C21H30N6O3S.HI/c1-5-30-20(28)17-14(2)25-19(31-17)15(3)26-21(22-4)24-13-16-7-6-8-23-18(16)27-9-11-29-12-10-27;/h6-8,15H,5,9-13H2,1-4H3,(H2,22,24,26);1H. The van der Waals surface area contributed by atoms with Crippen LogP contribution in [-0.4, -0.2) is 61.9 Å². The highest BCUT2D eigenvalue weighted by Gasteiger charge is 2.20. The molecule has 3 heterocycles. The molecule has 0 amide bonds. The van der Waals surface area contributed by atoms with Gasteiger partial charge in [-0.3, -0.25) is 4.99 Å². The average Bonchev–Trinajstić information content (AvgIpc) is 3.19. The van der Waals surface area contributed by atoms with Crippen molar-refractivity contribution >= 4 is 53.1 Å². The van der Waals surface area contributed by atoms with Gasteiger partial charge in [0, 0.05) is 38.4 Å². The predicted molar refractivity (Wildman–Crippen MR) is 137 cm³/mol. The van der Waals surface area contributed by atoms with Crippen molar-refractivity contribution < 1.29 is 14.3 Å². The van der Waals surface area contributed by atoms with Crippen molar-refractivity contribution in [1.82, 2.24) is 20.6 Å². The molecule has 1 saturated heterocycles. The van der Waals surface area contributed by atoms with Crippen molar-refractivity contribution in [2.24, 2.45) is 4.99 Å². The molecule has 0 saturated carbocycles. The minimum atomic E-state index is -0.328. The second-order valence-electron chi connectivity index (χ2n) is 7.06. The molecule has 0 aromatic carbocycles. The number of anilines is 1. The van der Waals surface area contributed by atoms with E-state index in [4.69, 9.17) is 9.47 Å². The lowest BCUT2D eigenvalue weighted by atomic mass is 10.2. The molecule has 1 aliphatic heterocycles. The van der Waals surface area contributed by atoms with E-state index in [9.17, 15) is 4.79 Å². The van der Waals surface area contributed by atoms with Crippen LogP contribution >= 0.6 is 35.3 Å². The van der Waals surface area contributed by atoms with Crippen molar-refractivity contribution in [2.45, 2.75) is 33.4 Å². The Morgan fingerprint density at radius 1 is 1.41 bits per heavy atom. The fourth-order valence-corrected chi connectivity index (χ4v) is 4.22. The molecule has 2 aromatic heterocycles. The van der Waals surface area contributed by atoms with Gasteiger partial charge >= 0.3 is 5.97 Å². The van der Waals surface area contributed by atoms with E-state index in [0.29, 0.717) is 42.9 Å². The zero-order valence-electron chi connectivity index (χ0n) is 18.9. The van der Waals surface area contributed by atoms with Crippen LogP contribution < -0.4 is 15.5 Å². The van der Waals surface area contributed by atoms with E-state index >= 15 is 0 Å². The highest BCUT2D eigenvalue weighted by atomic mass is 127. The van der Waals surface area contributed by atoms with Crippen LogP contribution in [0.3, 0.4) is 0 Å². The maximum Gasteiger partial charge on any atom is 0.350 e. The molecule has 3 rings (SSSR count). The third-order valence-corrected chi connectivity index (χ3v) is 6.17. The summed E-state index contributed by atoms with van der Waals surface area (Å²) in [6.45, 7) is 9.62. The van der Waals surface area contributed by atoms with Gasteiger partial charge in [0.15, 0.2) is 5.96 Å². The fraction of sp³-hybridized carbons (Fsp3) is 0.524. The molecule has 11 heteroatoms. The molecule has 2 N–H and O–H groups in total. The summed E-state index contributed by atoms with van der Waals surface area (Å²) < 4.78 is 10.6. The van der Waals surface area contributed by atoms with E-state index in [2.05, 4.69) is 36.6 Å². The van der Waals surface area contributed by atoms with E-state index in [-0.39, 0.29) is 36.0 Å². The minimum absolute atomic E-state index is 0. The summed E-state index contributed by atoms with van der Waals surface area (Å²) >= 11 is 1.34. The molecule has 0 radical (unpaired) electrons. The Bertz CT molecular complexity index is 917. The summed E-state index contributed by atoms with van der Waals surface area (Å²) in [6, 6.07) is 3.89. The van der Waals surface area contributed by atoms with E-state index in [1.807, 2.05) is 26.1 Å². The Morgan fingerprint density at radius 3 is 2.84 bits per heavy atom. The molecule has 0 aliphatic carbocycles. The Balaban J connectivity index is 0.00000363. The molecular weight excluding hydrogens is 543 g/mol. The SMILES string of the molecule is CCOC(=O)c1sc(C(C)NC(=NC)NCc2cccnc2N2CCOCC2)nc1C.I. The Labute approximate surface area is 210 Å². The van der Waals surface area contributed by atoms with Crippen molar-refractivity contribution in [1.29, 1.82) is 0 Å². The van der Waals surface area contributed by atoms with E-state index < -0.39 is 0 Å². The van der Waals surface area contributed by atoms with E-state index in [1.165, 1.54) is 11.3 Å². The molecule has 1 aliphatic rings. The number of aromatic nitrogens is 2. The maximum atomic E-state index is 12.1. The van der Waals surface area contributed by atoms with Crippen molar-refractivity contribution in [3.8, 4) is 0 Å². The number of halogens is 1. The molecule has 9 nitrogen and oxygen atoms in total. The monoisotopic (exact) mass is 574 g/mol. The number of rotatable bonds is 7. The smallest absolute Gasteiger partial charge is 0.350 e. The number of aryl methyl sites for hydroxylation is 1. The number of morpholine rings is 1. The number of ether oxygens (including phenoxy) is 2. The van der Waals surface area contributed by atoms with Crippen LogP contribution in [0.4, 0.5) is 5.82 Å². The Kier molecular flexibility index (Phi) is 10.6. The predicted octanol–water partition coefficient (Wildman–Crippen LogP) is 2.90. The first-order chi connectivity index (χ1) is 15.0. The first-order valence-corrected chi connectivity index (χ1v) is 11.2. The van der Waals surface area contributed by atoms with Crippen LogP contribution in [0, 0.1) is 6.92 Å². The van der Waals surface area contributed by atoms with Crippen molar-refractivity contribution in [2.75, 3.05) is 44.9 Å². The number of carbonyl (C=O) groups is 1. The summed E-state index contributed by atoms with van der Waals surface area (Å²) in [5.41, 5.74) is 1.77. The van der Waals surface area contributed by atoms with Crippen LogP contribution in [0.2, 0.25) is 0 Å². The van der Waals surface area contributed by atoms with Crippen molar-refractivity contribution in [3.05, 3.63) is 39.5 Å². The van der Waals surface area contributed by atoms with Gasteiger partial charge in [-0.2, -0.15) is 0 Å². The van der Waals surface area contributed by atoms with Gasteiger partial charge < -0.3 is 25.0 Å². The maximum absolute atomic E-state index is 12.1. The number of hydrogen-bond acceptors (Lipinski definition) is 8. The summed E-state index contributed by atoms with van der Waals surface area (Å²) in [6.07, 6.45) is 1.81. The van der Waals surface area contributed by atoms with Gasteiger partial charge in [-0.15, -0.1) is 35.3 Å². The summed E-state index contributed by atoms with van der Waals surface area (Å²) in [4.78, 5) is 28.3. The van der Waals surface area contributed by atoms with Crippen LogP contribution in [-0.2, 0) is 16.0 Å². The number of aliphatic imine (C=N–C) groups is 1. The number of nitrogens with one attached hydrogen (secondary N) is 2. The lowest BCUT2D eigenvalue weighted by Crippen LogP contribution is -2.40. The molecule has 1 atom stereocenters. The minimum Gasteiger partial charge on any atom is -0.462 e. The largest absolute Gasteiger partial charge is 0.462 e. The van der Waals surface area contributed by atoms with Crippen LogP contribution in [0.25, 0.3) is 0 Å². The summed E-state index contributed by atoms with van der Waals surface area (Å²) in [5, 5.41) is 7.51. The summed E-state index contributed by atoms with van der Waals surface area (Å²) in [7, 11) is 1.73. The zero-order valence-corrected chi connectivity index (χ0v) is 22.0. The van der Waals surface area contributed by atoms with Gasteiger partial charge in [-0.1, -0.05) is 6.07 Å². The molecule has 0 spiro atoms. The molecular formula is C21H31IN6O3S. The number of nitrogens with zero attached hydrogens (tertiary/aromatic N) is 4. The van der Waals surface area contributed by atoms with Gasteiger partial charge in [0.2, 0.25) is 0 Å². The van der Waals surface area contributed by atoms with Gasteiger partial charge in [-0.25, -0.2) is 14.8 Å². The number of hydrogen-bond donors (Lipinski definition) is 2. The molecule has 32 heavy (non-hydrogen) atoms. The summed E-state index contributed by atoms with van der Waals surface area (Å²) in [5.74, 6) is 1.29. The quantitative estimate of drug-likeness (QED) is 0.226. The van der Waals surface area contributed by atoms with Crippen LogP contribution in [0.15, 0.2) is 23.3 Å². The lowest BCUT2D eigenvalue weighted by Gasteiger charge is -2.29. The van der Waals surface area contributed by atoms with Crippen molar-refractivity contribution in [3.63, 3.8) is 0 Å². The number of pyridine rings is 1. The molecule has 1 unspecified atom stereocenters. The topological polar surface area (TPSA) is 101 Å². The number of carbonyl (C=O) groups excluding carboxylic acids is 1. The zero-order chi connectivity index (χ0) is 22.2. The van der Waals surface area contributed by atoms with Gasteiger partial charge in [-0.05, 0) is 26.8 Å². The van der Waals surface area contributed by atoms with Crippen LogP contribution in [0.5, 0.6) is 0 Å². The molecule has 176 valence electrons. The lowest BCUT2D eigenvalue weighted by molar-refractivity contribution is 0.0531. The van der Waals surface area contributed by atoms with Gasteiger partial charge in [0.25, 0.3) is 0 Å². The second kappa shape index (κ2) is 12.9. The number of esters is 1. The highest BCUT2D eigenvalue weighted by molar-refractivity contribution is 14.0. The van der Waals surface area contributed by atoms with E-state index in [0.717, 1.165) is 29.5 Å². The van der Waals surface area contributed by atoms with E-state index in [1.54, 1.807) is 14.0 Å². The number of thiazole rings is 1. The van der Waals surface area contributed by atoms with Crippen LogP contribution in [0.1, 0.15) is 45.8 Å². The first-order valence-electron chi connectivity index (χ1n) is 10.4. The molecule has 2 aromatic rings. The molecule has 1 fully saturated rings. The normalized spacial score (nSPS) is 15.0. The number of guanidine groups is 1. The molecule has 0 bridgehead atoms. The van der Waals surface area contributed by atoms with Gasteiger partial charge in [0.1, 0.15) is 15.7 Å². The average molecular weight is 574 g/mol. The van der Waals surface area contributed by atoms with Gasteiger partial charge in [0.05, 0.1) is 31.6 Å². The first kappa shape index (κ1) is 26.3. The third kappa shape index (κ3) is 6.75. The Hall–Kier alpha value is -1.99. The Morgan fingerprint density at radius 2 is 2.16 bits per heavy atom. The second-order valence-corrected chi connectivity index (χ2v) is 8.10. The fourth-order valence-electron chi connectivity index (χ4n) is 3.26. The third-order valence-electron chi connectivity index (χ3n) is 4.85. The highest BCUT2D eigenvalue weighted by Crippen LogP contribution is 2.24.